The van der Waals surface area contributed by atoms with Crippen LogP contribution in [0.25, 0.3) is 11.1 Å². The standard InChI is InChI=1S/C54H64FN11O9/c1-31(2)49(62-45(68)10-6-5-7-21-66-46(69)17-18-47(66)70)44(67)23-34(9-8-20-58-52(56)72)51(71)60-37-14-12-33(13-15-37)30-74-54(73)65-22-19-35-28-64(29-43(35)65)50-48-40-24-36(55)25-41(57-4)39(40)26-42(48)61-53(63-50)75-38-16-11-32(3)59-27-38/h11-18,24-25,27,31,34-35,43,49,57H,5-10,19-23,26,28-30H2,1-4H3,(H,60,71)(H,62,68)(H3,56,58,72)/t34-,35+,43-,49+/m1/s1. The Hall–Kier alpha value is -7.97. The summed E-state index contributed by atoms with van der Waals surface area (Å²) < 4.78 is 27.0. The van der Waals surface area contributed by atoms with Crippen LogP contribution in [0.3, 0.4) is 0 Å². The maximum Gasteiger partial charge on any atom is 0.410 e. The van der Waals surface area contributed by atoms with Crippen LogP contribution in [0.1, 0.15) is 87.7 Å². The van der Waals surface area contributed by atoms with Crippen molar-refractivity contribution in [2.24, 2.45) is 23.5 Å². The number of aryl methyl sites for hydroxylation is 1. The average Bonchev–Trinajstić information content (AvgIpc) is 4.18. The van der Waals surface area contributed by atoms with Gasteiger partial charge in [-0.3, -0.25) is 33.9 Å². The van der Waals surface area contributed by atoms with E-state index in [4.69, 9.17) is 25.2 Å². The largest absolute Gasteiger partial charge is 0.445 e. The van der Waals surface area contributed by atoms with Gasteiger partial charge in [-0.05, 0) is 98.0 Å². The van der Waals surface area contributed by atoms with E-state index in [9.17, 15) is 33.6 Å². The highest BCUT2D eigenvalue weighted by molar-refractivity contribution is 6.12. The molecule has 75 heavy (non-hydrogen) atoms. The summed E-state index contributed by atoms with van der Waals surface area (Å²) in [7, 11) is 1.75. The zero-order valence-corrected chi connectivity index (χ0v) is 42.7. The van der Waals surface area contributed by atoms with Gasteiger partial charge < -0.3 is 46.3 Å². The summed E-state index contributed by atoms with van der Waals surface area (Å²) in [5, 5.41) is 11.4. The maximum absolute atomic E-state index is 15.0. The van der Waals surface area contributed by atoms with E-state index in [0.29, 0.717) is 91.5 Å². The summed E-state index contributed by atoms with van der Waals surface area (Å²) in [6.45, 7) is 7.51. The number of halogens is 1. The monoisotopic (exact) mass is 1030 g/mol. The number of ketones is 1. The number of ether oxygens (including phenoxy) is 2. The van der Waals surface area contributed by atoms with Crippen molar-refractivity contribution in [3.63, 3.8) is 0 Å². The molecule has 5 heterocycles. The van der Waals surface area contributed by atoms with Crippen molar-refractivity contribution in [3.05, 3.63) is 95.2 Å². The number of carbonyl (C=O) groups is 7. The average molecular weight is 1030 g/mol. The fourth-order valence-electron chi connectivity index (χ4n) is 10.2. The lowest BCUT2D eigenvalue weighted by Gasteiger charge is -2.26. The first-order chi connectivity index (χ1) is 36.0. The number of carbonyl (C=O) groups excluding carboxylic acids is 7. The topological polar surface area (TPSA) is 260 Å². The van der Waals surface area contributed by atoms with Gasteiger partial charge in [0.1, 0.15) is 24.0 Å². The van der Waals surface area contributed by atoms with Gasteiger partial charge >= 0.3 is 18.1 Å². The molecule has 8 rings (SSSR count). The molecule has 6 N–H and O–H groups in total. The molecule has 396 valence electrons. The van der Waals surface area contributed by atoms with E-state index in [1.807, 2.05) is 26.8 Å². The molecule has 0 spiro atoms. The first-order valence-corrected chi connectivity index (χ1v) is 25.5. The molecular formula is C54H64FN11O9. The van der Waals surface area contributed by atoms with Crippen molar-refractivity contribution < 1.29 is 47.4 Å². The summed E-state index contributed by atoms with van der Waals surface area (Å²) in [6, 6.07) is 11.9. The van der Waals surface area contributed by atoms with E-state index < -0.39 is 30.0 Å². The molecule has 2 fully saturated rings. The van der Waals surface area contributed by atoms with Crippen molar-refractivity contribution in [3.8, 4) is 22.9 Å². The zero-order valence-electron chi connectivity index (χ0n) is 42.7. The Balaban J connectivity index is 0.858. The number of Topliss-reactive ketones (excluding diaryl/α,β-unsaturated/α-hetero) is 1. The number of primary amides is 1. The Labute approximate surface area is 434 Å². The number of benzene rings is 2. The second-order valence-electron chi connectivity index (χ2n) is 19.8. The molecule has 7 amide bonds. The minimum absolute atomic E-state index is 0.0283. The van der Waals surface area contributed by atoms with Crippen LogP contribution in [0.2, 0.25) is 0 Å². The molecule has 2 saturated heterocycles. The second kappa shape index (κ2) is 23.9. The lowest BCUT2D eigenvalue weighted by atomic mass is 9.89. The number of fused-ring (bicyclic) bond motifs is 4. The minimum Gasteiger partial charge on any atom is -0.445 e. The number of likely N-dealkylation sites (tertiary alicyclic amines) is 1. The van der Waals surface area contributed by atoms with Gasteiger partial charge in [0.25, 0.3) is 11.8 Å². The number of imide groups is 1. The summed E-state index contributed by atoms with van der Waals surface area (Å²) >= 11 is 0. The molecule has 4 aromatic rings. The highest BCUT2D eigenvalue weighted by atomic mass is 19.1. The van der Waals surface area contributed by atoms with Gasteiger partial charge in [0.2, 0.25) is 11.8 Å². The van der Waals surface area contributed by atoms with Crippen LogP contribution >= 0.6 is 0 Å². The summed E-state index contributed by atoms with van der Waals surface area (Å²) in [4.78, 5) is 108. The fraction of sp³-hybridized carbons (Fsp3) is 0.444. The predicted molar refractivity (Wildman–Crippen MR) is 276 cm³/mol. The number of hydrogen-bond donors (Lipinski definition) is 5. The highest BCUT2D eigenvalue weighted by Crippen LogP contribution is 2.47. The Morgan fingerprint density at radius 2 is 1.72 bits per heavy atom. The van der Waals surface area contributed by atoms with E-state index in [1.165, 1.54) is 24.3 Å². The van der Waals surface area contributed by atoms with E-state index in [-0.39, 0.29) is 92.2 Å². The number of nitrogens with two attached hydrogens (primary N) is 1. The van der Waals surface area contributed by atoms with Crippen LogP contribution in [-0.2, 0) is 41.7 Å². The molecule has 4 atom stereocenters. The lowest BCUT2D eigenvalue weighted by Crippen LogP contribution is -2.45. The van der Waals surface area contributed by atoms with Crippen molar-refractivity contribution >= 4 is 58.7 Å². The van der Waals surface area contributed by atoms with Gasteiger partial charge in [-0.1, -0.05) is 32.4 Å². The van der Waals surface area contributed by atoms with E-state index in [0.717, 1.165) is 28.1 Å². The lowest BCUT2D eigenvalue weighted by molar-refractivity contribution is -0.137. The number of aromatic nitrogens is 3. The first-order valence-electron chi connectivity index (χ1n) is 25.5. The van der Waals surface area contributed by atoms with Gasteiger partial charge in [-0.15, -0.1) is 0 Å². The highest BCUT2D eigenvalue weighted by Gasteiger charge is 2.46. The molecule has 21 heteroatoms. The third-order valence-electron chi connectivity index (χ3n) is 14.2. The van der Waals surface area contributed by atoms with Gasteiger partial charge in [-0.2, -0.15) is 9.97 Å². The zero-order chi connectivity index (χ0) is 53.3. The number of pyridine rings is 1. The quantitative estimate of drug-likeness (QED) is 0.0363. The predicted octanol–water partition coefficient (Wildman–Crippen LogP) is 6.16. The number of nitrogens with zero attached hydrogens (tertiary/aromatic N) is 6. The number of rotatable bonds is 23. The maximum atomic E-state index is 15.0. The van der Waals surface area contributed by atoms with Gasteiger partial charge in [0.05, 0.1) is 24.0 Å². The van der Waals surface area contributed by atoms with Crippen molar-refractivity contribution in [1.82, 2.24) is 35.4 Å². The second-order valence-corrected chi connectivity index (χ2v) is 19.8. The Morgan fingerprint density at radius 1 is 0.947 bits per heavy atom. The summed E-state index contributed by atoms with van der Waals surface area (Å²) in [5.41, 5.74) is 10.9. The number of nitrogens with one attached hydrogen (secondary N) is 4. The Morgan fingerprint density at radius 3 is 2.43 bits per heavy atom. The van der Waals surface area contributed by atoms with Crippen LogP contribution in [0.15, 0.2) is 66.9 Å². The van der Waals surface area contributed by atoms with Crippen LogP contribution in [0, 0.1) is 30.5 Å². The van der Waals surface area contributed by atoms with Crippen molar-refractivity contribution in [1.29, 1.82) is 0 Å². The van der Waals surface area contributed by atoms with Crippen molar-refractivity contribution in [2.75, 3.05) is 55.3 Å². The summed E-state index contributed by atoms with van der Waals surface area (Å²) in [5.74, 6) is -2.02. The molecule has 0 unspecified atom stereocenters. The molecule has 0 saturated carbocycles. The van der Waals surface area contributed by atoms with Gasteiger partial charge in [-0.25, -0.2) is 14.0 Å². The van der Waals surface area contributed by atoms with Crippen LogP contribution < -0.4 is 36.6 Å². The Bertz CT molecular complexity index is 2830. The van der Waals surface area contributed by atoms with Crippen LogP contribution in [0.5, 0.6) is 11.8 Å². The van der Waals surface area contributed by atoms with E-state index in [1.54, 1.807) is 48.5 Å². The molecule has 20 nitrogen and oxygen atoms in total. The first kappa shape index (κ1) is 53.3. The molecule has 4 aliphatic rings. The minimum atomic E-state index is -0.851. The SMILES string of the molecule is CNc1cc(F)cc2c1Cc1nc(Oc3ccc(C)nc3)nc(N3C[C@@H]4CCN(C(=O)OCc5ccc(NC(=O)[C@H](CCCNC(N)=O)CC(=O)[C@@H](NC(=O)CCCCCN6C(=O)C=CC6=O)C(C)C)cc5)[C@@H]4C3)c1-2. The number of unbranched alkanes of at least 4 members (excludes halogenated alkanes) is 2. The number of anilines is 3. The molecule has 0 bridgehead atoms. The molecule has 1 aliphatic carbocycles. The molecule has 3 aliphatic heterocycles. The number of hydrogen-bond acceptors (Lipinski definition) is 14. The summed E-state index contributed by atoms with van der Waals surface area (Å²) in [6.07, 6.45) is 7.01. The molecular weight excluding hydrogens is 966 g/mol. The Kier molecular flexibility index (Phi) is 17.0. The molecule has 0 radical (unpaired) electrons. The van der Waals surface area contributed by atoms with Crippen molar-refractivity contribution in [2.45, 2.75) is 97.2 Å². The van der Waals surface area contributed by atoms with E-state index >= 15 is 4.39 Å². The molecule has 2 aromatic heterocycles. The fourth-order valence-corrected chi connectivity index (χ4v) is 10.2. The third kappa shape index (κ3) is 13.0. The van der Waals surface area contributed by atoms with Crippen LogP contribution in [0.4, 0.5) is 31.2 Å². The van der Waals surface area contributed by atoms with Crippen LogP contribution in [-0.4, -0.2) is 118 Å². The normalized spacial score (nSPS) is 17.1. The van der Waals surface area contributed by atoms with Gasteiger partial charge in [0.15, 0.2) is 5.78 Å². The third-order valence-corrected chi connectivity index (χ3v) is 14.2. The smallest absolute Gasteiger partial charge is 0.410 e. The molecule has 2 aromatic carbocycles. The number of urea groups is 1. The van der Waals surface area contributed by atoms with E-state index in [2.05, 4.69) is 31.2 Å². The number of amides is 7. The van der Waals surface area contributed by atoms with Gasteiger partial charge in [0, 0.05) is 106 Å².